The number of fused-ring (bicyclic) bond motifs is 2. The Morgan fingerprint density at radius 3 is 2.16 bits per heavy atom. The molecule has 2 aliphatic carbocycles. The number of carboxylic acid groups (broad SMARTS) is 1. The van der Waals surface area contributed by atoms with Gasteiger partial charge in [-0.05, 0) is 44.9 Å². The second kappa shape index (κ2) is 3.92. The van der Waals surface area contributed by atoms with Crippen molar-refractivity contribution in [1.82, 2.24) is 4.90 Å². The molecule has 0 radical (unpaired) electrons. The number of rotatable bonds is 2. The van der Waals surface area contributed by atoms with Crippen LogP contribution in [0.4, 0.5) is 0 Å². The van der Waals surface area contributed by atoms with Crippen LogP contribution in [-0.4, -0.2) is 28.7 Å². The van der Waals surface area contributed by atoms with Crippen LogP contribution in [0.25, 0.3) is 0 Å². The van der Waals surface area contributed by atoms with Crippen molar-refractivity contribution in [2.75, 3.05) is 0 Å². The first-order valence-electron chi connectivity index (χ1n) is 6.68. The van der Waals surface area contributed by atoms with Gasteiger partial charge in [0.15, 0.2) is 0 Å². The van der Waals surface area contributed by atoms with Crippen molar-refractivity contribution < 1.29 is 19.5 Å². The first-order chi connectivity index (χ1) is 8.91. The molecule has 3 aliphatic rings. The predicted molar refractivity (Wildman–Crippen MR) is 63.3 cm³/mol. The Kier molecular flexibility index (Phi) is 2.56. The molecule has 0 aromatic rings. The maximum absolute atomic E-state index is 12.2. The fourth-order valence-electron chi connectivity index (χ4n) is 3.96. The Bertz CT molecular complexity index is 498. The monoisotopic (exact) mass is 262 g/mol. The van der Waals surface area contributed by atoms with Gasteiger partial charge in [-0.15, -0.1) is 0 Å². The lowest BCUT2D eigenvalue weighted by Gasteiger charge is -2.35. The van der Waals surface area contributed by atoms with E-state index in [1.54, 1.807) is 13.8 Å². The van der Waals surface area contributed by atoms with E-state index in [4.69, 9.17) is 0 Å². The molecule has 0 saturated heterocycles. The van der Waals surface area contributed by atoms with Crippen LogP contribution in [0.3, 0.4) is 0 Å². The predicted octanol–water partition coefficient (Wildman–Crippen LogP) is -0.144. The molecule has 19 heavy (non-hydrogen) atoms. The Balaban J connectivity index is 1.88. The molecule has 102 valence electrons. The standard InChI is InChI=1S/C14H17NO4/c1-6-7(2)13(17)15(12(6)16)11-5-8-3-9(11)10(4-8)14(18)19/h8-11H,3-5H2,1-2H3,(H,18,19)/p-1. The van der Waals surface area contributed by atoms with E-state index < -0.39 is 11.9 Å². The molecule has 4 unspecified atom stereocenters. The van der Waals surface area contributed by atoms with Gasteiger partial charge in [-0.3, -0.25) is 14.5 Å². The number of hydrogen-bond donors (Lipinski definition) is 0. The first-order valence-corrected chi connectivity index (χ1v) is 6.68. The number of carboxylic acids is 1. The van der Waals surface area contributed by atoms with Crippen molar-refractivity contribution in [2.45, 2.75) is 39.2 Å². The Morgan fingerprint density at radius 2 is 1.68 bits per heavy atom. The van der Waals surface area contributed by atoms with E-state index in [2.05, 4.69) is 0 Å². The number of hydrogen-bond acceptors (Lipinski definition) is 4. The summed E-state index contributed by atoms with van der Waals surface area (Å²) < 4.78 is 0. The molecule has 1 aliphatic heterocycles. The van der Waals surface area contributed by atoms with Crippen molar-refractivity contribution >= 4 is 17.8 Å². The van der Waals surface area contributed by atoms with Gasteiger partial charge in [-0.25, -0.2) is 0 Å². The lowest BCUT2D eigenvalue weighted by Crippen LogP contribution is -2.49. The number of imide groups is 1. The minimum absolute atomic E-state index is 0.124. The molecule has 2 fully saturated rings. The third-order valence-electron chi connectivity index (χ3n) is 5.05. The summed E-state index contributed by atoms with van der Waals surface area (Å²) in [6, 6.07) is -0.256. The molecule has 0 N–H and O–H groups in total. The van der Waals surface area contributed by atoms with E-state index in [-0.39, 0.29) is 23.8 Å². The van der Waals surface area contributed by atoms with Crippen molar-refractivity contribution in [3.63, 3.8) is 0 Å². The highest BCUT2D eigenvalue weighted by Crippen LogP contribution is 2.51. The lowest BCUT2D eigenvalue weighted by atomic mass is 9.84. The molecule has 2 bridgehead atoms. The molecule has 0 aromatic carbocycles. The van der Waals surface area contributed by atoms with Crippen LogP contribution in [0.5, 0.6) is 0 Å². The Hall–Kier alpha value is -1.65. The fraction of sp³-hybridized carbons (Fsp3) is 0.643. The largest absolute Gasteiger partial charge is 0.550 e. The molecular formula is C14H16NO4-. The average Bonchev–Trinajstić information content (AvgIpc) is 3.00. The van der Waals surface area contributed by atoms with Gasteiger partial charge in [-0.2, -0.15) is 0 Å². The van der Waals surface area contributed by atoms with E-state index in [9.17, 15) is 19.5 Å². The summed E-state index contributed by atoms with van der Waals surface area (Å²) in [4.78, 5) is 36.7. The molecule has 4 atom stereocenters. The summed E-state index contributed by atoms with van der Waals surface area (Å²) in [7, 11) is 0. The third-order valence-corrected chi connectivity index (χ3v) is 5.05. The average molecular weight is 262 g/mol. The van der Waals surface area contributed by atoms with E-state index >= 15 is 0 Å². The van der Waals surface area contributed by atoms with Crippen molar-refractivity contribution in [3.8, 4) is 0 Å². The molecule has 2 amide bonds. The number of carbonyl (C=O) groups excluding carboxylic acids is 3. The SMILES string of the molecule is CC1=C(C)C(=O)N(C2CC3CC(C(=O)[O-])C2C3)C1=O. The topological polar surface area (TPSA) is 77.5 Å². The summed E-state index contributed by atoms with van der Waals surface area (Å²) in [5, 5.41) is 11.1. The zero-order valence-corrected chi connectivity index (χ0v) is 11.0. The van der Waals surface area contributed by atoms with Crippen molar-refractivity contribution in [1.29, 1.82) is 0 Å². The minimum atomic E-state index is -1.04. The van der Waals surface area contributed by atoms with Crippen LogP contribution in [0, 0.1) is 17.8 Å². The number of amides is 2. The molecule has 1 heterocycles. The zero-order valence-electron chi connectivity index (χ0n) is 11.0. The minimum Gasteiger partial charge on any atom is -0.550 e. The van der Waals surface area contributed by atoms with E-state index in [0.29, 0.717) is 23.5 Å². The summed E-state index contributed by atoms with van der Waals surface area (Å²) >= 11 is 0. The summed E-state index contributed by atoms with van der Waals surface area (Å²) in [6.07, 6.45) is 2.16. The van der Waals surface area contributed by atoms with Gasteiger partial charge < -0.3 is 9.90 Å². The maximum atomic E-state index is 12.2. The highest BCUT2D eigenvalue weighted by atomic mass is 16.4. The third kappa shape index (κ3) is 1.57. The van der Waals surface area contributed by atoms with Gasteiger partial charge in [0.2, 0.25) is 0 Å². The van der Waals surface area contributed by atoms with Crippen molar-refractivity contribution in [3.05, 3.63) is 11.1 Å². The lowest BCUT2D eigenvalue weighted by molar-refractivity contribution is -0.313. The molecule has 0 spiro atoms. The second-order valence-corrected chi connectivity index (χ2v) is 5.96. The second-order valence-electron chi connectivity index (χ2n) is 5.96. The first kappa shape index (κ1) is 12.4. The molecule has 2 saturated carbocycles. The van der Waals surface area contributed by atoms with Gasteiger partial charge in [0, 0.05) is 29.1 Å². The van der Waals surface area contributed by atoms with Crippen molar-refractivity contribution in [2.24, 2.45) is 17.8 Å². The highest BCUT2D eigenvalue weighted by molar-refractivity contribution is 6.19. The zero-order chi connectivity index (χ0) is 13.9. The normalized spacial score (nSPS) is 37.7. The van der Waals surface area contributed by atoms with E-state index in [1.807, 2.05) is 0 Å². The summed E-state index contributed by atoms with van der Waals surface area (Å²) in [6.45, 7) is 3.30. The molecule has 5 nitrogen and oxygen atoms in total. The van der Waals surface area contributed by atoms with E-state index in [1.165, 1.54) is 4.90 Å². The van der Waals surface area contributed by atoms with E-state index in [0.717, 1.165) is 12.8 Å². The van der Waals surface area contributed by atoms with Crippen LogP contribution < -0.4 is 5.11 Å². The van der Waals surface area contributed by atoms with Crippen LogP contribution >= 0.6 is 0 Å². The summed E-state index contributed by atoms with van der Waals surface area (Å²) in [5.74, 6) is -1.88. The number of aliphatic carboxylic acids is 1. The van der Waals surface area contributed by atoms with Crippen LogP contribution in [0.1, 0.15) is 33.1 Å². The molecule has 0 aromatic heterocycles. The Labute approximate surface area is 111 Å². The molecule has 3 rings (SSSR count). The fourth-order valence-corrected chi connectivity index (χ4v) is 3.96. The molecule has 5 heteroatoms. The van der Waals surface area contributed by atoms with Crippen LogP contribution in [0.15, 0.2) is 11.1 Å². The van der Waals surface area contributed by atoms with Gasteiger partial charge in [-0.1, -0.05) is 0 Å². The number of nitrogens with zero attached hydrogens (tertiary/aromatic N) is 1. The van der Waals surface area contributed by atoms with Gasteiger partial charge in [0.25, 0.3) is 11.8 Å². The van der Waals surface area contributed by atoms with Gasteiger partial charge in [0.05, 0.1) is 0 Å². The van der Waals surface area contributed by atoms with Gasteiger partial charge in [0.1, 0.15) is 0 Å². The quantitative estimate of drug-likeness (QED) is 0.649. The van der Waals surface area contributed by atoms with Crippen LogP contribution in [-0.2, 0) is 14.4 Å². The highest BCUT2D eigenvalue weighted by Gasteiger charge is 2.52. The smallest absolute Gasteiger partial charge is 0.257 e. The van der Waals surface area contributed by atoms with Crippen LogP contribution in [0.2, 0.25) is 0 Å². The number of carbonyl (C=O) groups is 3. The van der Waals surface area contributed by atoms with Gasteiger partial charge >= 0.3 is 0 Å². The molecular weight excluding hydrogens is 246 g/mol. The summed E-state index contributed by atoms with van der Waals surface area (Å²) in [5.41, 5.74) is 0.968. The Morgan fingerprint density at radius 1 is 1.11 bits per heavy atom. The maximum Gasteiger partial charge on any atom is 0.257 e.